The standard InChI is InChI=1S/C14H24N2O/c1-16(2)8-13(17)15-14-11-4-9-3-10(6-11)7-12(14)5-9/h9-12,14H,3-8H2,1-2H3,(H,15,17). The van der Waals surface area contributed by atoms with Crippen LogP contribution in [0.4, 0.5) is 0 Å². The predicted octanol–water partition coefficient (Wildman–Crippen LogP) is 1.49. The number of carbonyl (C=O) groups excluding carboxylic acids is 1. The first-order valence-electron chi connectivity index (χ1n) is 7.06. The van der Waals surface area contributed by atoms with Crippen LogP contribution in [0.3, 0.4) is 0 Å². The molecule has 0 atom stereocenters. The van der Waals surface area contributed by atoms with Gasteiger partial charge in [-0.1, -0.05) is 0 Å². The van der Waals surface area contributed by atoms with Crippen LogP contribution in [0.1, 0.15) is 32.1 Å². The lowest BCUT2D eigenvalue weighted by Gasteiger charge is -2.54. The molecule has 96 valence electrons. The maximum atomic E-state index is 11.9. The second kappa shape index (κ2) is 4.27. The van der Waals surface area contributed by atoms with Crippen LogP contribution in [0.2, 0.25) is 0 Å². The van der Waals surface area contributed by atoms with Crippen molar-refractivity contribution in [3.63, 3.8) is 0 Å². The molecule has 0 heterocycles. The molecule has 0 spiro atoms. The van der Waals surface area contributed by atoms with Gasteiger partial charge in [0.25, 0.3) is 0 Å². The summed E-state index contributed by atoms with van der Waals surface area (Å²) in [5.41, 5.74) is 0. The van der Waals surface area contributed by atoms with Gasteiger partial charge >= 0.3 is 0 Å². The molecule has 1 N–H and O–H groups in total. The highest BCUT2D eigenvalue weighted by atomic mass is 16.2. The largest absolute Gasteiger partial charge is 0.352 e. The van der Waals surface area contributed by atoms with E-state index < -0.39 is 0 Å². The monoisotopic (exact) mass is 236 g/mol. The van der Waals surface area contributed by atoms with Crippen molar-refractivity contribution in [3.8, 4) is 0 Å². The third kappa shape index (κ3) is 2.22. The highest BCUT2D eigenvalue weighted by Crippen LogP contribution is 2.53. The number of carbonyl (C=O) groups is 1. The third-order valence-electron chi connectivity index (χ3n) is 5.01. The maximum Gasteiger partial charge on any atom is 0.234 e. The Bertz CT molecular complexity index is 285. The minimum atomic E-state index is 0.215. The fraction of sp³-hybridized carbons (Fsp3) is 0.929. The molecule has 1 amide bonds. The molecule has 17 heavy (non-hydrogen) atoms. The fourth-order valence-corrected chi connectivity index (χ4v) is 4.68. The molecule has 4 bridgehead atoms. The summed E-state index contributed by atoms with van der Waals surface area (Å²) < 4.78 is 0. The SMILES string of the molecule is CN(C)CC(=O)NC1C2CC3CC(C2)CC1C3. The average Bonchev–Trinajstić information content (AvgIpc) is 2.21. The van der Waals surface area contributed by atoms with Gasteiger partial charge in [0.05, 0.1) is 6.54 Å². The quantitative estimate of drug-likeness (QED) is 0.805. The molecule has 4 fully saturated rings. The summed E-state index contributed by atoms with van der Waals surface area (Å²) in [5.74, 6) is 3.76. The zero-order chi connectivity index (χ0) is 12.0. The first-order valence-corrected chi connectivity index (χ1v) is 7.06. The van der Waals surface area contributed by atoms with E-state index in [1.165, 1.54) is 32.1 Å². The molecule has 0 aliphatic heterocycles. The molecule has 0 saturated heterocycles. The summed E-state index contributed by atoms with van der Waals surface area (Å²) in [7, 11) is 3.91. The molecule has 0 unspecified atom stereocenters. The van der Waals surface area contributed by atoms with E-state index in [0.717, 1.165) is 23.7 Å². The van der Waals surface area contributed by atoms with Gasteiger partial charge in [0, 0.05) is 6.04 Å². The van der Waals surface area contributed by atoms with E-state index in [9.17, 15) is 4.79 Å². The fourth-order valence-electron chi connectivity index (χ4n) is 4.68. The van der Waals surface area contributed by atoms with Gasteiger partial charge < -0.3 is 10.2 Å². The zero-order valence-corrected chi connectivity index (χ0v) is 11.0. The van der Waals surface area contributed by atoms with E-state index in [4.69, 9.17) is 0 Å². The Balaban J connectivity index is 1.62. The summed E-state index contributed by atoms with van der Waals surface area (Å²) in [6.07, 6.45) is 6.98. The van der Waals surface area contributed by atoms with Crippen LogP contribution in [-0.4, -0.2) is 37.5 Å². The van der Waals surface area contributed by atoms with E-state index >= 15 is 0 Å². The van der Waals surface area contributed by atoms with Crippen molar-refractivity contribution in [3.05, 3.63) is 0 Å². The van der Waals surface area contributed by atoms with E-state index in [2.05, 4.69) is 5.32 Å². The van der Waals surface area contributed by atoms with Crippen molar-refractivity contribution in [1.82, 2.24) is 10.2 Å². The van der Waals surface area contributed by atoms with Crippen molar-refractivity contribution in [2.24, 2.45) is 23.7 Å². The summed E-state index contributed by atoms with van der Waals surface area (Å²) >= 11 is 0. The van der Waals surface area contributed by atoms with Crippen LogP contribution in [0.15, 0.2) is 0 Å². The number of nitrogens with one attached hydrogen (secondary N) is 1. The smallest absolute Gasteiger partial charge is 0.234 e. The molecule has 4 aliphatic carbocycles. The van der Waals surface area contributed by atoms with E-state index in [1.807, 2.05) is 19.0 Å². The number of rotatable bonds is 3. The van der Waals surface area contributed by atoms with Gasteiger partial charge in [0.1, 0.15) is 0 Å². The normalized spacial score (nSPS) is 43.1. The minimum absolute atomic E-state index is 0.215. The van der Waals surface area contributed by atoms with Gasteiger partial charge in [-0.25, -0.2) is 0 Å². The Labute approximate surface area is 104 Å². The highest BCUT2D eigenvalue weighted by Gasteiger charge is 2.48. The summed E-state index contributed by atoms with van der Waals surface area (Å²) in [5, 5.41) is 3.31. The van der Waals surface area contributed by atoms with Crippen LogP contribution < -0.4 is 5.32 Å². The van der Waals surface area contributed by atoms with E-state index in [1.54, 1.807) is 0 Å². The molecule has 4 saturated carbocycles. The van der Waals surface area contributed by atoms with Crippen LogP contribution in [0.25, 0.3) is 0 Å². The highest BCUT2D eigenvalue weighted by molar-refractivity contribution is 5.78. The number of hydrogen-bond donors (Lipinski definition) is 1. The molecule has 4 aliphatic rings. The number of nitrogens with zero attached hydrogens (tertiary/aromatic N) is 1. The van der Waals surface area contributed by atoms with Crippen LogP contribution in [0, 0.1) is 23.7 Å². The molecular weight excluding hydrogens is 212 g/mol. The molecular formula is C14H24N2O. The first-order chi connectivity index (χ1) is 8.11. The summed E-state index contributed by atoms with van der Waals surface area (Å²) in [6, 6.07) is 0.496. The Hall–Kier alpha value is -0.570. The second-order valence-electron chi connectivity index (χ2n) is 6.76. The van der Waals surface area contributed by atoms with Crippen LogP contribution in [0.5, 0.6) is 0 Å². The van der Waals surface area contributed by atoms with Gasteiger partial charge in [-0.3, -0.25) is 4.79 Å². The number of hydrogen-bond acceptors (Lipinski definition) is 2. The second-order valence-corrected chi connectivity index (χ2v) is 6.76. The van der Waals surface area contributed by atoms with Gasteiger partial charge in [0.2, 0.25) is 5.91 Å². The van der Waals surface area contributed by atoms with Gasteiger partial charge in [0.15, 0.2) is 0 Å². The Kier molecular flexibility index (Phi) is 2.89. The maximum absolute atomic E-state index is 11.9. The number of amides is 1. The summed E-state index contributed by atoms with van der Waals surface area (Å²) in [6.45, 7) is 0.531. The topological polar surface area (TPSA) is 32.3 Å². The molecule has 0 aromatic carbocycles. The Morgan fingerprint density at radius 1 is 1.06 bits per heavy atom. The van der Waals surface area contributed by atoms with Crippen molar-refractivity contribution in [2.45, 2.75) is 38.1 Å². The van der Waals surface area contributed by atoms with Gasteiger partial charge in [-0.05, 0) is 69.9 Å². The zero-order valence-electron chi connectivity index (χ0n) is 11.0. The lowest BCUT2D eigenvalue weighted by Crippen LogP contribution is -2.56. The van der Waals surface area contributed by atoms with E-state index in [-0.39, 0.29) is 5.91 Å². The number of likely N-dealkylation sites (N-methyl/N-ethyl adjacent to an activating group) is 1. The molecule has 0 aromatic rings. The average molecular weight is 236 g/mol. The van der Waals surface area contributed by atoms with E-state index in [0.29, 0.717) is 12.6 Å². The van der Waals surface area contributed by atoms with Crippen LogP contribution in [-0.2, 0) is 4.79 Å². The lowest BCUT2D eigenvalue weighted by atomic mass is 9.54. The Morgan fingerprint density at radius 3 is 2.06 bits per heavy atom. The van der Waals surface area contributed by atoms with Gasteiger partial charge in [-0.2, -0.15) is 0 Å². The molecule has 0 radical (unpaired) electrons. The van der Waals surface area contributed by atoms with Crippen LogP contribution >= 0.6 is 0 Å². The first kappa shape index (κ1) is 11.5. The lowest BCUT2D eigenvalue weighted by molar-refractivity contribution is -0.125. The van der Waals surface area contributed by atoms with Crippen molar-refractivity contribution >= 4 is 5.91 Å². The Morgan fingerprint density at radius 2 is 1.59 bits per heavy atom. The molecule has 0 aromatic heterocycles. The predicted molar refractivity (Wildman–Crippen MR) is 67.5 cm³/mol. The van der Waals surface area contributed by atoms with Crippen molar-refractivity contribution in [1.29, 1.82) is 0 Å². The minimum Gasteiger partial charge on any atom is -0.352 e. The molecule has 4 rings (SSSR count). The van der Waals surface area contributed by atoms with Crippen molar-refractivity contribution < 1.29 is 4.79 Å². The summed E-state index contributed by atoms with van der Waals surface area (Å²) in [4.78, 5) is 13.8. The van der Waals surface area contributed by atoms with Crippen molar-refractivity contribution in [2.75, 3.05) is 20.6 Å². The van der Waals surface area contributed by atoms with Gasteiger partial charge in [-0.15, -0.1) is 0 Å². The third-order valence-corrected chi connectivity index (χ3v) is 5.01. The molecule has 3 nitrogen and oxygen atoms in total. The molecule has 3 heteroatoms.